The van der Waals surface area contributed by atoms with E-state index >= 15 is 0 Å². The highest BCUT2D eigenvalue weighted by molar-refractivity contribution is 5.66. The van der Waals surface area contributed by atoms with Crippen LogP contribution in [0.3, 0.4) is 0 Å². The number of halogens is 1. The van der Waals surface area contributed by atoms with Crippen LogP contribution in [0.25, 0.3) is 0 Å². The molecular formula is C19H28FN3O4. The summed E-state index contributed by atoms with van der Waals surface area (Å²) in [7, 11) is 1.37. The maximum atomic E-state index is 13.9. The Labute approximate surface area is 159 Å². The van der Waals surface area contributed by atoms with Gasteiger partial charge < -0.3 is 14.4 Å². The van der Waals surface area contributed by atoms with Gasteiger partial charge >= 0.3 is 0 Å². The Morgan fingerprint density at radius 1 is 1.26 bits per heavy atom. The Balaban J connectivity index is 1.64. The summed E-state index contributed by atoms with van der Waals surface area (Å²) in [5.74, 6) is -0.118. The van der Waals surface area contributed by atoms with E-state index in [9.17, 15) is 14.5 Å². The molecule has 2 unspecified atom stereocenters. The number of ether oxygens (including phenoxy) is 2. The standard InChI is InChI=1S/C19H28FN3O4/c1-13-10-21(11-14(2)27-13)12-15-4-6-22(7-5-15)17-9-19(26-3)16(20)8-18(17)23(24)25/h8-9,13-15H,4-7,10-12H2,1-3H3. The highest BCUT2D eigenvalue weighted by Gasteiger charge is 2.29. The Kier molecular flexibility index (Phi) is 6.16. The molecule has 7 nitrogen and oxygen atoms in total. The highest BCUT2D eigenvalue weighted by atomic mass is 19.1. The first-order valence-electron chi connectivity index (χ1n) is 9.52. The number of nitrogens with zero attached hydrogens (tertiary/aromatic N) is 3. The molecule has 1 aromatic rings. The van der Waals surface area contributed by atoms with Crippen LogP contribution in [0.4, 0.5) is 15.8 Å². The number of piperidine rings is 1. The number of nitro groups is 1. The molecule has 150 valence electrons. The number of methoxy groups -OCH3 is 1. The van der Waals surface area contributed by atoms with E-state index in [2.05, 4.69) is 18.7 Å². The second kappa shape index (κ2) is 8.39. The molecule has 2 aliphatic heterocycles. The smallest absolute Gasteiger partial charge is 0.295 e. The average molecular weight is 381 g/mol. The summed E-state index contributed by atoms with van der Waals surface area (Å²) in [6.45, 7) is 8.57. The van der Waals surface area contributed by atoms with Gasteiger partial charge in [0.2, 0.25) is 0 Å². The number of benzene rings is 1. The second-order valence-corrected chi connectivity index (χ2v) is 7.64. The van der Waals surface area contributed by atoms with Gasteiger partial charge in [0.1, 0.15) is 5.69 Å². The first-order chi connectivity index (χ1) is 12.9. The van der Waals surface area contributed by atoms with E-state index in [0.717, 1.165) is 51.6 Å². The summed E-state index contributed by atoms with van der Waals surface area (Å²) in [4.78, 5) is 15.3. The van der Waals surface area contributed by atoms with E-state index in [1.165, 1.54) is 13.2 Å². The maximum Gasteiger partial charge on any atom is 0.295 e. The fourth-order valence-electron chi connectivity index (χ4n) is 4.24. The van der Waals surface area contributed by atoms with E-state index in [4.69, 9.17) is 9.47 Å². The van der Waals surface area contributed by atoms with E-state index in [1.54, 1.807) is 0 Å². The van der Waals surface area contributed by atoms with Crippen molar-refractivity contribution in [1.82, 2.24) is 4.90 Å². The molecule has 3 rings (SSSR count). The molecule has 0 saturated carbocycles. The summed E-state index contributed by atoms with van der Waals surface area (Å²) in [6, 6.07) is 2.40. The average Bonchev–Trinajstić information content (AvgIpc) is 2.61. The van der Waals surface area contributed by atoms with E-state index in [0.29, 0.717) is 11.6 Å². The molecule has 0 aromatic heterocycles. The summed E-state index contributed by atoms with van der Waals surface area (Å²) in [6.07, 6.45) is 2.42. The predicted molar refractivity (Wildman–Crippen MR) is 101 cm³/mol. The molecule has 1 aromatic carbocycles. The zero-order chi connectivity index (χ0) is 19.6. The molecule has 0 bridgehead atoms. The van der Waals surface area contributed by atoms with Gasteiger partial charge in [-0.15, -0.1) is 0 Å². The van der Waals surface area contributed by atoms with Crippen LogP contribution in [0.1, 0.15) is 26.7 Å². The summed E-state index contributed by atoms with van der Waals surface area (Å²) in [5, 5.41) is 11.4. The van der Waals surface area contributed by atoms with Gasteiger partial charge in [0.25, 0.3) is 5.69 Å². The number of hydrogen-bond donors (Lipinski definition) is 0. The molecule has 2 atom stereocenters. The van der Waals surface area contributed by atoms with Crippen LogP contribution in [0.15, 0.2) is 12.1 Å². The number of hydrogen-bond acceptors (Lipinski definition) is 6. The molecule has 27 heavy (non-hydrogen) atoms. The number of morpholine rings is 1. The van der Waals surface area contributed by atoms with E-state index in [-0.39, 0.29) is 23.6 Å². The minimum atomic E-state index is -0.710. The monoisotopic (exact) mass is 381 g/mol. The fraction of sp³-hybridized carbons (Fsp3) is 0.684. The largest absolute Gasteiger partial charge is 0.494 e. The Morgan fingerprint density at radius 2 is 1.89 bits per heavy atom. The van der Waals surface area contributed by atoms with Crippen molar-refractivity contribution in [3.8, 4) is 5.75 Å². The normalized spacial score (nSPS) is 24.8. The summed E-state index contributed by atoms with van der Waals surface area (Å²) < 4.78 is 24.7. The van der Waals surface area contributed by atoms with Crippen LogP contribution in [0.2, 0.25) is 0 Å². The third kappa shape index (κ3) is 4.68. The molecule has 2 heterocycles. The van der Waals surface area contributed by atoms with Gasteiger partial charge in [-0.2, -0.15) is 0 Å². The SMILES string of the molecule is COc1cc(N2CCC(CN3CC(C)OC(C)C3)CC2)c([N+](=O)[O-])cc1F. The predicted octanol–water partition coefficient (Wildman–Crippen LogP) is 3.07. The van der Waals surface area contributed by atoms with Gasteiger partial charge in [-0.1, -0.05) is 0 Å². The zero-order valence-electron chi connectivity index (χ0n) is 16.2. The molecule has 0 aliphatic carbocycles. The minimum Gasteiger partial charge on any atom is -0.494 e. The summed E-state index contributed by atoms with van der Waals surface area (Å²) >= 11 is 0. The number of rotatable bonds is 5. The van der Waals surface area contributed by atoms with Gasteiger partial charge in [0, 0.05) is 38.8 Å². The van der Waals surface area contributed by atoms with Crippen LogP contribution in [-0.2, 0) is 4.74 Å². The lowest BCUT2D eigenvalue weighted by Crippen LogP contribution is -2.48. The molecule has 2 fully saturated rings. The van der Waals surface area contributed by atoms with Gasteiger partial charge in [0.15, 0.2) is 11.6 Å². The molecular weight excluding hydrogens is 353 g/mol. The zero-order valence-corrected chi connectivity index (χ0v) is 16.2. The molecule has 0 spiro atoms. The van der Waals surface area contributed by atoms with Crippen molar-refractivity contribution in [2.45, 2.75) is 38.9 Å². The van der Waals surface area contributed by atoms with Crippen LogP contribution >= 0.6 is 0 Å². The van der Waals surface area contributed by atoms with Crippen LogP contribution in [0.5, 0.6) is 5.75 Å². The minimum absolute atomic E-state index is 0.0361. The van der Waals surface area contributed by atoms with Crippen LogP contribution in [0, 0.1) is 21.8 Å². The Bertz CT molecular complexity index is 669. The third-order valence-electron chi connectivity index (χ3n) is 5.41. The quantitative estimate of drug-likeness (QED) is 0.577. The first kappa shape index (κ1) is 19.8. The molecule has 8 heteroatoms. The van der Waals surface area contributed by atoms with Crippen LogP contribution < -0.4 is 9.64 Å². The third-order valence-corrected chi connectivity index (χ3v) is 5.41. The lowest BCUT2D eigenvalue weighted by atomic mass is 9.95. The second-order valence-electron chi connectivity index (χ2n) is 7.64. The molecule has 0 N–H and O–H groups in total. The topological polar surface area (TPSA) is 68.1 Å². The van der Waals surface area contributed by atoms with E-state index < -0.39 is 10.7 Å². The molecule has 0 amide bonds. The van der Waals surface area contributed by atoms with Crippen molar-refractivity contribution >= 4 is 11.4 Å². The molecule has 2 saturated heterocycles. The van der Waals surface area contributed by atoms with Gasteiger partial charge in [-0.05, 0) is 32.6 Å². The lowest BCUT2D eigenvalue weighted by molar-refractivity contribution is -0.384. The van der Waals surface area contributed by atoms with Gasteiger partial charge in [0.05, 0.1) is 30.3 Å². The molecule has 2 aliphatic rings. The molecule has 0 radical (unpaired) electrons. The number of nitro benzene ring substituents is 1. The van der Waals surface area contributed by atoms with Crippen molar-refractivity contribution in [3.05, 3.63) is 28.1 Å². The fourth-order valence-corrected chi connectivity index (χ4v) is 4.24. The lowest BCUT2D eigenvalue weighted by Gasteiger charge is -2.39. The van der Waals surface area contributed by atoms with Crippen molar-refractivity contribution in [3.63, 3.8) is 0 Å². The first-order valence-corrected chi connectivity index (χ1v) is 9.52. The Morgan fingerprint density at radius 3 is 2.44 bits per heavy atom. The van der Waals surface area contributed by atoms with Crippen molar-refractivity contribution < 1.29 is 18.8 Å². The Hall–Kier alpha value is -1.93. The van der Waals surface area contributed by atoms with Crippen molar-refractivity contribution in [2.75, 3.05) is 44.7 Å². The van der Waals surface area contributed by atoms with Crippen LogP contribution in [-0.4, -0.2) is 61.9 Å². The van der Waals surface area contributed by atoms with Gasteiger partial charge in [-0.3, -0.25) is 15.0 Å². The van der Waals surface area contributed by atoms with Gasteiger partial charge in [-0.25, -0.2) is 4.39 Å². The van der Waals surface area contributed by atoms with Crippen molar-refractivity contribution in [1.29, 1.82) is 0 Å². The summed E-state index contributed by atoms with van der Waals surface area (Å²) in [5.41, 5.74) is 0.230. The number of anilines is 1. The van der Waals surface area contributed by atoms with Crippen molar-refractivity contribution in [2.24, 2.45) is 5.92 Å². The highest BCUT2D eigenvalue weighted by Crippen LogP contribution is 2.36. The maximum absolute atomic E-state index is 13.9. The van der Waals surface area contributed by atoms with E-state index in [1.807, 2.05) is 4.90 Å².